The maximum atomic E-state index is 12.0. The lowest BCUT2D eigenvalue weighted by molar-refractivity contribution is -0.117. The Labute approximate surface area is 123 Å². The van der Waals surface area contributed by atoms with E-state index in [2.05, 4.69) is 20.8 Å². The summed E-state index contributed by atoms with van der Waals surface area (Å²) >= 11 is 0. The number of nitrogens with one attached hydrogen (secondary N) is 1. The number of amides is 1. The predicted octanol–water partition coefficient (Wildman–Crippen LogP) is 1.28. The number of nitrogens with two attached hydrogens (primary N) is 1. The van der Waals surface area contributed by atoms with Gasteiger partial charge in [0.1, 0.15) is 0 Å². The van der Waals surface area contributed by atoms with Crippen molar-refractivity contribution in [1.29, 1.82) is 0 Å². The number of rotatable bonds is 5. The molecule has 0 unspecified atom stereocenters. The molecule has 0 bridgehead atoms. The molecule has 0 spiro atoms. The minimum atomic E-state index is -0.511. The third-order valence-corrected chi connectivity index (χ3v) is 3.05. The number of carbonyl (C=O) groups is 1. The molecule has 3 N–H and O–H groups in total. The van der Waals surface area contributed by atoms with Crippen LogP contribution in [0.15, 0.2) is 24.3 Å². The van der Waals surface area contributed by atoms with E-state index >= 15 is 0 Å². The van der Waals surface area contributed by atoms with Crippen molar-refractivity contribution in [3.05, 3.63) is 30.1 Å². The zero-order valence-corrected chi connectivity index (χ0v) is 12.4. The molecule has 0 saturated carbocycles. The highest BCUT2D eigenvalue weighted by Gasteiger charge is 2.15. The van der Waals surface area contributed by atoms with Gasteiger partial charge in [0.05, 0.1) is 11.7 Å². The quantitative estimate of drug-likeness (QED) is 0.863. The number of tetrazole rings is 1. The number of carbonyl (C=O) groups excluding carboxylic acids is 1. The zero-order valence-electron chi connectivity index (χ0n) is 12.4. The minimum absolute atomic E-state index is 0.186. The normalized spacial score (nSPS) is 12.4. The van der Waals surface area contributed by atoms with Crippen molar-refractivity contribution in [1.82, 2.24) is 20.2 Å². The molecule has 112 valence electrons. The van der Waals surface area contributed by atoms with Crippen LogP contribution >= 0.6 is 0 Å². The van der Waals surface area contributed by atoms with Gasteiger partial charge in [-0.2, -0.15) is 4.68 Å². The fourth-order valence-electron chi connectivity index (χ4n) is 2.04. The lowest BCUT2D eigenvalue weighted by Gasteiger charge is -2.14. The molecule has 0 aliphatic carbocycles. The Morgan fingerprint density at radius 1 is 1.43 bits per heavy atom. The van der Waals surface area contributed by atoms with E-state index < -0.39 is 6.04 Å². The summed E-state index contributed by atoms with van der Waals surface area (Å²) in [4.78, 5) is 12.0. The van der Waals surface area contributed by atoms with Crippen molar-refractivity contribution >= 4 is 11.6 Å². The molecule has 2 aromatic rings. The molecule has 7 nitrogen and oxygen atoms in total. The summed E-state index contributed by atoms with van der Waals surface area (Å²) in [7, 11) is 0. The summed E-state index contributed by atoms with van der Waals surface area (Å²) in [6.07, 6.45) is 0.650. The monoisotopic (exact) mass is 288 g/mol. The van der Waals surface area contributed by atoms with E-state index in [1.54, 1.807) is 4.68 Å². The third kappa shape index (κ3) is 3.85. The van der Waals surface area contributed by atoms with Crippen LogP contribution in [0.1, 0.15) is 26.1 Å². The molecular formula is C14H20N6O. The van der Waals surface area contributed by atoms with E-state index in [0.717, 1.165) is 5.69 Å². The largest absolute Gasteiger partial charge is 0.325 e. The maximum Gasteiger partial charge on any atom is 0.241 e. The van der Waals surface area contributed by atoms with Gasteiger partial charge in [0.25, 0.3) is 0 Å². The van der Waals surface area contributed by atoms with Gasteiger partial charge in [-0.3, -0.25) is 4.79 Å². The SMILES string of the molecule is Cc1nnnn1-c1cccc(NC(=O)[C@@H](N)CC(C)C)c1. The first-order chi connectivity index (χ1) is 9.97. The van der Waals surface area contributed by atoms with Crippen LogP contribution < -0.4 is 11.1 Å². The van der Waals surface area contributed by atoms with Gasteiger partial charge in [-0.25, -0.2) is 0 Å². The predicted molar refractivity (Wildman–Crippen MR) is 80.0 cm³/mol. The molecule has 2 rings (SSSR count). The van der Waals surface area contributed by atoms with Crippen molar-refractivity contribution in [2.24, 2.45) is 11.7 Å². The van der Waals surface area contributed by atoms with Gasteiger partial charge >= 0.3 is 0 Å². The maximum absolute atomic E-state index is 12.0. The second-order valence-electron chi connectivity index (χ2n) is 5.41. The van der Waals surface area contributed by atoms with Gasteiger partial charge < -0.3 is 11.1 Å². The van der Waals surface area contributed by atoms with Crippen LogP contribution in [0, 0.1) is 12.8 Å². The highest BCUT2D eigenvalue weighted by Crippen LogP contribution is 2.15. The fraction of sp³-hybridized carbons (Fsp3) is 0.429. The van der Waals surface area contributed by atoms with Crippen molar-refractivity contribution in [2.45, 2.75) is 33.2 Å². The number of aryl methyl sites for hydroxylation is 1. The van der Waals surface area contributed by atoms with Crippen LogP contribution in [-0.4, -0.2) is 32.2 Å². The van der Waals surface area contributed by atoms with Gasteiger partial charge in [-0.1, -0.05) is 19.9 Å². The van der Waals surface area contributed by atoms with E-state index in [1.165, 1.54) is 0 Å². The molecule has 1 aromatic carbocycles. The van der Waals surface area contributed by atoms with E-state index in [0.29, 0.717) is 23.9 Å². The number of benzene rings is 1. The van der Waals surface area contributed by atoms with Gasteiger partial charge in [-0.05, 0) is 47.9 Å². The second kappa shape index (κ2) is 6.45. The topological polar surface area (TPSA) is 98.7 Å². The van der Waals surface area contributed by atoms with Crippen LogP contribution in [0.5, 0.6) is 0 Å². The first-order valence-corrected chi connectivity index (χ1v) is 6.89. The number of anilines is 1. The van der Waals surface area contributed by atoms with Crippen LogP contribution in [0.4, 0.5) is 5.69 Å². The molecule has 7 heteroatoms. The Bertz CT molecular complexity index is 621. The number of aromatic nitrogens is 4. The summed E-state index contributed by atoms with van der Waals surface area (Å²) in [5.41, 5.74) is 7.33. The molecule has 1 aromatic heterocycles. The number of hydrogen-bond donors (Lipinski definition) is 2. The molecule has 1 atom stereocenters. The van der Waals surface area contributed by atoms with Crippen LogP contribution in [0.2, 0.25) is 0 Å². The molecular weight excluding hydrogens is 268 g/mol. The number of hydrogen-bond acceptors (Lipinski definition) is 5. The fourth-order valence-corrected chi connectivity index (χ4v) is 2.04. The minimum Gasteiger partial charge on any atom is -0.325 e. The van der Waals surface area contributed by atoms with Crippen molar-refractivity contribution in [3.8, 4) is 5.69 Å². The van der Waals surface area contributed by atoms with Crippen LogP contribution in [0.3, 0.4) is 0 Å². The highest BCUT2D eigenvalue weighted by molar-refractivity contribution is 5.94. The smallest absolute Gasteiger partial charge is 0.241 e. The molecule has 0 aliphatic heterocycles. The summed E-state index contributed by atoms with van der Waals surface area (Å²) in [6, 6.07) is 6.81. The lowest BCUT2D eigenvalue weighted by atomic mass is 10.0. The first-order valence-electron chi connectivity index (χ1n) is 6.89. The van der Waals surface area contributed by atoms with E-state index in [9.17, 15) is 4.79 Å². The average Bonchev–Trinajstić information content (AvgIpc) is 2.84. The van der Waals surface area contributed by atoms with Crippen LogP contribution in [0.25, 0.3) is 5.69 Å². The highest BCUT2D eigenvalue weighted by atomic mass is 16.2. The Balaban J connectivity index is 2.12. The first kappa shape index (κ1) is 15.1. The van der Waals surface area contributed by atoms with Gasteiger partial charge in [-0.15, -0.1) is 5.10 Å². The summed E-state index contributed by atoms with van der Waals surface area (Å²) in [6.45, 7) is 5.88. The van der Waals surface area contributed by atoms with Crippen molar-refractivity contribution < 1.29 is 4.79 Å². The Morgan fingerprint density at radius 2 is 2.19 bits per heavy atom. The van der Waals surface area contributed by atoms with E-state index in [-0.39, 0.29) is 5.91 Å². The Hall–Kier alpha value is -2.28. The molecule has 0 aliphatic rings. The molecule has 21 heavy (non-hydrogen) atoms. The molecule has 1 heterocycles. The molecule has 0 fully saturated rings. The van der Waals surface area contributed by atoms with Gasteiger partial charge in [0.15, 0.2) is 5.82 Å². The van der Waals surface area contributed by atoms with E-state index in [1.807, 2.05) is 45.0 Å². The Morgan fingerprint density at radius 3 is 2.81 bits per heavy atom. The van der Waals surface area contributed by atoms with Crippen molar-refractivity contribution in [3.63, 3.8) is 0 Å². The summed E-state index contributed by atoms with van der Waals surface area (Å²) < 4.78 is 1.60. The summed E-state index contributed by atoms with van der Waals surface area (Å²) in [5, 5.41) is 14.2. The van der Waals surface area contributed by atoms with E-state index in [4.69, 9.17) is 5.73 Å². The standard InChI is InChI=1S/C14H20N6O/c1-9(2)7-13(15)14(21)16-11-5-4-6-12(8-11)20-10(3)17-18-19-20/h4-6,8-9,13H,7,15H2,1-3H3,(H,16,21)/t13-/m0/s1. The second-order valence-corrected chi connectivity index (χ2v) is 5.41. The van der Waals surface area contributed by atoms with Gasteiger partial charge in [0, 0.05) is 5.69 Å². The lowest BCUT2D eigenvalue weighted by Crippen LogP contribution is -2.36. The molecule has 0 radical (unpaired) electrons. The van der Waals surface area contributed by atoms with Crippen molar-refractivity contribution in [2.75, 3.05) is 5.32 Å². The zero-order chi connectivity index (χ0) is 15.4. The Kier molecular flexibility index (Phi) is 4.64. The molecule has 0 saturated heterocycles. The van der Waals surface area contributed by atoms with Crippen LogP contribution in [-0.2, 0) is 4.79 Å². The van der Waals surface area contributed by atoms with Gasteiger partial charge in [0.2, 0.25) is 5.91 Å². The third-order valence-electron chi connectivity index (χ3n) is 3.05. The summed E-state index contributed by atoms with van der Waals surface area (Å²) in [5.74, 6) is 0.866. The number of nitrogens with zero attached hydrogens (tertiary/aromatic N) is 4. The molecule has 1 amide bonds. The average molecular weight is 288 g/mol.